The Hall–Kier alpha value is -1.59. The fourth-order valence-corrected chi connectivity index (χ4v) is 2.66. The number of aromatic amines is 1. The number of aromatic nitrogens is 3. The molecule has 0 spiro atoms. The van der Waals surface area contributed by atoms with Crippen LogP contribution in [0.4, 0.5) is 0 Å². The summed E-state index contributed by atoms with van der Waals surface area (Å²) < 4.78 is 1.59. The summed E-state index contributed by atoms with van der Waals surface area (Å²) in [6.45, 7) is 0.960. The Bertz CT molecular complexity index is 628. The molecule has 19 heavy (non-hydrogen) atoms. The van der Waals surface area contributed by atoms with Crippen molar-refractivity contribution in [2.45, 2.75) is 25.3 Å². The average Bonchev–Trinajstić information content (AvgIpc) is 2.82. The van der Waals surface area contributed by atoms with Crippen LogP contribution in [0.2, 0.25) is 5.02 Å². The molecule has 0 aliphatic carbocycles. The molecule has 1 atom stereocenters. The molecule has 1 aromatic carbocycles. The summed E-state index contributed by atoms with van der Waals surface area (Å²) in [6.07, 6.45) is 3.31. The molecule has 0 amide bonds. The molecular weight excluding hydrogens is 264 g/mol. The summed E-state index contributed by atoms with van der Waals surface area (Å²) in [5, 5.41) is 10.7. The molecule has 2 N–H and O–H groups in total. The van der Waals surface area contributed by atoms with Gasteiger partial charge in [0.1, 0.15) is 0 Å². The van der Waals surface area contributed by atoms with Gasteiger partial charge < -0.3 is 5.32 Å². The molecule has 100 valence electrons. The third-order valence-electron chi connectivity index (χ3n) is 3.39. The van der Waals surface area contributed by atoms with Gasteiger partial charge in [-0.1, -0.05) is 24.1 Å². The van der Waals surface area contributed by atoms with Crippen LogP contribution in [-0.2, 0) is 0 Å². The second-order valence-corrected chi connectivity index (χ2v) is 5.14. The molecule has 1 aliphatic heterocycles. The van der Waals surface area contributed by atoms with Crippen LogP contribution in [0.25, 0.3) is 5.69 Å². The van der Waals surface area contributed by atoms with Crippen molar-refractivity contribution >= 4 is 11.6 Å². The maximum Gasteiger partial charge on any atom is 0.347 e. The number of halogens is 1. The average molecular weight is 279 g/mol. The lowest BCUT2D eigenvalue weighted by atomic mass is 10.0. The van der Waals surface area contributed by atoms with E-state index in [1.807, 2.05) is 12.1 Å². The van der Waals surface area contributed by atoms with Crippen molar-refractivity contribution in [3.05, 3.63) is 45.6 Å². The highest BCUT2D eigenvalue weighted by molar-refractivity contribution is 6.30. The molecule has 1 aliphatic rings. The predicted molar refractivity (Wildman–Crippen MR) is 73.8 cm³/mol. The van der Waals surface area contributed by atoms with E-state index < -0.39 is 0 Å². The van der Waals surface area contributed by atoms with Crippen LogP contribution in [0.15, 0.2) is 29.1 Å². The summed E-state index contributed by atoms with van der Waals surface area (Å²) in [6, 6.07) is 7.36. The first-order valence-corrected chi connectivity index (χ1v) is 6.80. The van der Waals surface area contributed by atoms with Gasteiger partial charge >= 0.3 is 5.69 Å². The molecule has 3 rings (SSSR count). The lowest BCUT2D eigenvalue weighted by Gasteiger charge is -2.22. The molecule has 1 aromatic heterocycles. The first kappa shape index (κ1) is 12.4. The smallest absolute Gasteiger partial charge is 0.307 e. The van der Waals surface area contributed by atoms with Gasteiger partial charge in [-0.15, -0.1) is 0 Å². The molecule has 5 nitrogen and oxygen atoms in total. The van der Waals surface area contributed by atoms with E-state index in [2.05, 4.69) is 15.5 Å². The normalized spacial score (nSPS) is 19.5. The summed E-state index contributed by atoms with van der Waals surface area (Å²) in [5.41, 5.74) is 0.512. The molecule has 6 heteroatoms. The van der Waals surface area contributed by atoms with Crippen molar-refractivity contribution in [1.29, 1.82) is 0 Å². The highest BCUT2D eigenvalue weighted by atomic mass is 35.5. The van der Waals surface area contributed by atoms with Crippen LogP contribution in [0.5, 0.6) is 0 Å². The number of nitrogens with one attached hydrogen (secondary N) is 2. The maximum absolute atomic E-state index is 12.0. The molecule has 0 bridgehead atoms. The van der Waals surface area contributed by atoms with Gasteiger partial charge in [-0.05, 0) is 37.6 Å². The van der Waals surface area contributed by atoms with E-state index in [9.17, 15) is 4.79 Å². The zero-order valence-corrected chi connectivity index (χ0v) is 11.2. The maximum atomic E-state index is 12.0. The monoisotopic (exact) mass is 278 g/mol. The van der Waals surface area contributed by atoms with Gasteiger partial charge in [-0.25, -0.2) is 14.5 Å². The van der Waals surface area contributed by atoms with Crippen molar-refractivity contribution < 1.29 is 0 Å². The van der Waals surface area contributed by atoms with Crippen LogP contribution < -0.4 is 11.0 Å². The number of benzene rings is 1. The second kappa shape index (κ2) is 5.19. The first-order chi connectivity index (χ1) is 9.25. The Balaban J connectivity index is 2.05. The number of rotatable bonds is 2. The number of nitrogens with zero attached hydrogens (tertiary/aromatic N) is 2. The zero-order valence-electron chi connectivity index (χ0n) is 10.4. The predicted octanol–water partition coefficient (Wildman–Crippen LogP) is 2.03. The van der Waals surface area contributed by atoms with E-state index in [-0.39, 0.29) is 11.7 Å². The highest BCUT2D eigenvalue weighted by Gasteiger charge is 2.22. The van der Waals surface area contributed by atoms with Gasteiger partial charge in [-0.3, -0.25) is 0 Å². The van der Waals surface area contributed by atoms with Crippen LogP contribution in [0.3, 0.4) is 0 Å². The van der Waals surface area contributed by atoms with Gasteiger partial charge in [0.15, 0.2) is 5.82 Å². The largest absolute Gasteiger partial charge is 0.347 e. The fourth-order valence-electron chi connectivity index (χ4n) is 2.48. The van der Waals surface area contributed by atoms with Gasteiger partial charge in [-0.2, -0.15) is 5.10 Å². The van der Waals surface area contributed by atoms with E-state index in [0.717, 1.165) is 30.9 Å². The first-order valence-electron chi connectivity index (χ1n) is 6.42. The van der Waals surface area contributed by atoms with E-state index >= 15 is 0 Å². The van der Waals surface area contributed by atoms with Crippen molar-refractivity contribution in [3.63, 3.8) is 0 Å². The Labute approximate surface area is 115 Å². The van der Waals surface area contributed by atoms with Crippen LogP contribution in [0.1, 0.15) is 31.1 Å². The summed E-state index contributed by atoms with van der Waals surface area (Å²) in [7, 11) is 0. The van der Waals surface area contributed by atoms with Gasteiger partial charge in [0.25, 0.3) is 0 Å². The van der Waals surface area contributed by atoms with E-state index in [0.29, 0.717) is 5.02 Å². The van der Waals surface area contributed by atoms with Gasteiger partial charge in [0, 0.05) is 5.02 Å². The van der Waals surface area contributed by atoms with Crippen molar-refractivity contribution in [2.75, 3.05) is 6.54 Å². The third-order valence-corrected chi connectivity index (χ3v) is 3.62. The molecule has 1 unspecified atom stereocenters. The summed E-state index contributed by atoms with van der Waals surface area (Å²) in [5.74, 6) is 0.729. The molecule has 0 radical (unpaired) electrons. The Morgan fingerprint density at radius 3 is 3.00 bits per heavy atom. The Morgan fingerprint density at radius 1 is 1.37 bits per heavy atom. The quantitative estimate of drug-likeness (QED) is 0.883. The van der Waals surface area contributed by atoms with E-state index in [1.165, 1.54) is 6.42 Å². The molecule has 2 heterocycles. The Kier molecular flexibility index (Phi) is 3.40. The lowest BCUT2D eigenvalue weighted by Crippen LogP contribution is -2.30. The van der Waals surface area contributed by atoms with Crippen LogP contribution in [0, 0.1) is 0 Å². The third kappa shape index (κ3) is 2.43. The second-order valence-electron chi connectivity index (χ2n) is 4.70. The minimum atomic E-state index is -0.232. The minimum absolute atomic E-state index is 0.117. The van der Waals surface area contributed by atoms with Gasteiger partial charge in [0.05, 0.1) is 11.7 Å². The van der Waals surface area contributed by atoms with E-state index in [4.69, 9.17) is 11.6 Å². The topological polar surface area (TPSA) is 62.7 Å². The molecule has 2 aromatic rings. The zero-order chi connectivity index (χ0) is 13.2. The van der Waals surface area contributed by atoms with Crippen molar-refractivity contribution in [2.24, 2.45) is 0 Å². The summed E-state index contributed by atoms with van der Waals surface area (Å²) in [4.78, 5) is 12.0. The Morgan fingerprint density at radius 2 is 2.26 bits per heavy atom. The van der Waals surface area contributed by atoms with Crippen LogP contribution in [-0.4, -0.2) is 21.3 Å². The molecule has 1 fully saturated rings. The van der Waals surface area contributed by atoms with Crippen molar-refractivity contribution in [3.8, 4) is 5.69 Å². The number of hydrogen-bond donors (Lipinski definition) is 2. The summed E-state index contributed by atoms with van der Waals surface area (Å²) >= 11 is 5.99. The standard InChI is InChI=1S/C13H15ClN4O/c14-9-4-3-5-10(8-9)18-12(16-17-13(18)19)11-6-1-2-7-15-11/h3-5,8,11,15H,1-2,6-7H2,(H,17,19). The van der Waals surface area contributed by atoms with Crippen molar-refractivity contribution in [1.82, 2.24) is 20.1 Å². The number of H-pyrrole nitrogens is 1. The number of piperidine rings is 1. The number of hydrogen-bond acceptors (Lipinski definition) is 3. The molecule has 0 saturated carbocycles. The molecule has 1 saturated heterocycles. The van der Waals surface area contributed by atoms with E-state index in [1.54, 1.807) is 16.7 Å². The lowest BCUT2D eigenvalue weighted by molar-refractivity contribution is 0.393. The minimum Gasteiger partial charge on any atom is -0.307 e. The van der Waals surface area contributed by atoms with Gasteiger partial charge in [0.2, 0.25) is 0 Å². The fraction of sp³-hybridized carbons (Fsp3) is 0.385. The molecular formula is C13H15ClN4O. The highest BCUT2D eigenvalue weighted by Crippen LogP contribution is 2.23. The van der Waals surface area contributed by atoms with Crippen LogP contribution >= 0.6 is 11.6 Å². The SMILES string of the molecule is O=c1[nH]nc(C2CCCCN2)n1-c1cccc(Cl)c1.